The minimum Gasteiger partial charge on any atom is -0.458 e. The van der Waals surface area contributed by atoms with E-state index in [0.717, 1.165) is 5.76 Å². The van der Waals surface area contributed by atoms with E-state index in [9.17, 15) is 10.1 Å². The molecule has 0 unspecified atom stereocenters. The number of hydrogen-bond donors (Lipinski definition) is 0. The van der Waals surface area contributed by atoms with Gasteiger partial charge in [0.1, 0.15) is 11.4 Å². The quantitative estimate of drug-likeness (QED) is 0.446. The van der Waals surface area contributed by atoms with Crippen molar-refractivity contribution in [2.24, 2.45) is 4.74 Å². The first kappa shape index (κ1) is 17.4. The third-order valence-electron chi connectivity index (χ3n) is 3.53. The minimum atomic E-state index is -2.63. The van der Waals surface area contributed by atoms with Gasteiger partial charge in [-0.3, -0.25) is 10.1 Å². The molecule has 0 amide bonds. The lowest BCUT2D eigenvalue weighted by Gasteiger charge is -2.33. The fourth-order valence-corrected chi connectivity index (χ4v) is 5.26. The van der Waals surface area contributed by atoms with Gasteiger partial charge >= 0.3 is 0 Å². The molecule has 1 heterocycles. The SMILES string of the molecule is CO[P@@](=Nc1ccccc1[N+](=O)[O-])(c1ccc(C)o1)C(C)(C)C. The summed E-state index contributed by atoms with van der Waals surface area (Å²) in [7, 11) is -1.05. The molecule has 0 radical (unpaired) electrons. The number of hydrogen-bond acceptors (Lipinski definition) is 5. The highest BCUT2D eigenvalue weighted by atomic mass is 31.2. The van der Waals surface area contributed by atoms with Crippen LogP contribution < -0.4 is 5.50 Å². The summed E-state index contributed by atoms with van der Waals surface area (Å²) in [6, 6.07) is 10.1. The summed E-state index contributed by atoms with van der Waals surface area (Å²) in [4.78, 5) is 10.8. The molecule has 7 heteroatoms. The van der Waals surface area contributed by atoms with E-state index in [0.29, 0.717) is 11.2 Å². The van der Waals surface area contributed by atoms with Crippen LogP contribution in [0.1, 0.15) is 26.5 Å². The Bertz CT molecular complexity index is 774. The number of rotatable bonds is 4. The van der Waals surface area contributed by atoms with Crippen LogP contribution in [0.25, 0.3) is 0 Å². The third kappa shape index (κ3) is 3.23. The Morgan fingerprint density at radius 2 is 1.87 bits per heavy atom. The molecule has 1 aromatic heterocycles. The summed E-state index contributed by atoms with van der Waals surface area (Å²) in [5, 5.41) is 10.9. The fourth-order valence-electron chi connectivity index (χ4n) is 2.37. The molecule has 124 valence electrons. The van der Waals surface area contributed by atoms with Crippen LogP contribution in [0.2, 0.25) is 0 Å². The van der Waals surface area contributed by atoms with Gasteiger partial charge in [-0.1, -0.05) is 32.9 Å². The third-order valence-corrected chi connectivity index (χ3v) is 7.21. The van der Waals surface area contributed by atoms with Crippen LogP contribution in [0, 0.1) is 17.0 Å². The largest absolute Gasteiger partial charge is 0.458 e. The van der Waals surface area contributed by atoms with Crippen LogP contribution >= 0.6 is 7.28 Å². The van der Waals surface area contributed by atoms with Gasteiger partial charge in [-0.2, -0.15) is 0 Å². The minimum absolute atomic E-state index is 0.0403. The van der Waals surface area contributed by atoms with Crippen molar-refractivity contribution < 1.29 is 13.9 Å². The molecule has 0 saturated carbocycles. The molecular weight excluding hydrogens is 315 g/mol. The van der Waals surface area contributed by atoms with Crippen LogP contribution in [0.3, 0.4) is 0 Å². The topological polar surface area (TPSA) is 77.9 Å². The Kier molecular flexibility index (Phi) is 4.78. The Morgan fingerprint density at radius 3 is 2.35 bits per heavy atom. The molecule has 0 aliphatic carbocycles. The van der Waals surface area contributed by atoms with Gasteiger partial charge in [-0.05, 0) is 25.1 Å². The van der Waals surface area contributed by atoms with Crippen molar-refractivity contribution in [3.8, 4) is 0 Å². The maximum Gasteiger partial charge on any atom is 0.294 e. The Balaban J connectivity index is 2.81. The van der Waals surface area contributed by atoms with Crippen molar-refractivity contribution in [2.75, 3.05) is 7.11 Å². The second-order valence-corrected chi connectivity index (χ2v) is 9.66. The number of nitrogens with zero attached hydrogens (tertiary/aromatic N) is 2. The molecule has 0 aliphatic heterocycles. The van der Waals surface area contributed by atoms with E-state index in [1.54, 1.807) is 25.3 Å². The van der Waals surface area contributed by atoms with Crippen molar-refractivity contribution in [3.63, 3.8) is 0 Å². The molecule has 23 heavy (non-hydrogen) atoms. The summed E-state index contributed by atoms with van der Waals surface area (Å²) in [6.07, 6.45) is 0. The molecule has 0 bridgehead atoms. The van der Waals surface area contributed by atoms with E-state index in [4.69, 9.17) is 13.7 Å². The number of furan rings is 1. The van der Waals surface area contributed by atoms with Gasteiger partial charge in [0.25, 0.3) is 5.69 Å². The average molecular weight is 336 g/mol. The molecule has 0 fully saturated rings. The zero-order chi connectivity index (χ0) is 17.3. The number of nitro groups is 1. The van der Waals surface area contributed by atoms with E-state index in [1.165, 1.54) is 6.07 Å². The number of nitro benzene ring substituents is 1. The molecule has 6 nitrogen and oxygen atoms in total. The molecule has 0 aliphatic rings. The average Bonchev–Trinajstić information content (AvgIpc) is 2.90. The van der Waals surface area contributed by atoms with Crippen LogP contribution in [0.5, 0.6) is 0 Å². The van der Waals surface area contributed by atoms with Gasteiger partial charge in [0.05, 0.1) is 4.92 Å². The summed E-state index contributed by atoms with van der Waals surface area (Å²) in [5.41, 5.74) is 0.890. The Morgan fingerprint density at radius 1 is 1.22 bits per heavy atom. The first-order chi connectivity index (χ1) is 10.7. The molecule has 2 rings (SSSR count). The maximum atomic E-state index is 11.3. The number of aryl methyl sites for hydroxylation is 1. The number of para-hydroxylation sites is 1. The fraction of sp³-hybridized carbons (Fsp3) is 0.375. The molecule has 0 N–H and O–H groups in total. The lowest BCUT2D eigenvalue weighted by Crippen LogP contribution is -2.23. The van der Waals surface area contributed by atoms with Gasteiger partial charge < -0.3 is 8.94 Å². The molecule has 2 aromatic rings. The van der Waals surface area contributed by atoms with E-state index in [-0.39, 0.29) is 10.8 Å². The first-order valence-electron chi connectivity index (χ1n) is 7.20. The van der Waals surface area contributed by atoms with Crippen molar-refractivity contribution in [2.45, 2.75) is 32.9 Å². The van der Waals surface area contributed by atoms with Crippen LogP contribution in [0.15, 0.2) is 45.6 Å². The highest BCUT2D eigenvalue weighted by Crippen LogP contribution is 2.62. The van der Waals surface area contributed by atoms with Crippen LogP contribution in [0.4, 0.5) is 11.4 Å². The van der Waals surface area contributed by atoms with Gasteiger partial charge in [0, 0.05) is 18.3 Å². The summed E-state index contributed by atoms with van der Waals surface area (Å²) in [6.45, 7) is 7.85. The second-order valence-electron chi connectivity index (χ2n) is 6.16. The standard InChI is InChI=1S/C16H21N2O4P/c1-12-10-11-15(22-12)23(21-5,16(2,3)4)17-13-8-6-7-9-14(13)18(19)20/h6-11H,1-5H3/t23-/m0/s1. The monoisotopic (exact) mass is 336 g/mol. The lowest BCUT2D eigenvalue weighted by molar-refractivity contribution is -0.384. The normalized spacial score (nSPS) is 14.3. The van der Waals surface area contributed by atoms with Crippen molar-refractivity contribution >= 4 is 24.2 Å². The predicted octanol–water partition coefficient (Wildman–Crippen LogP) is 5.01. The van der Waals surface area contributed by atoms with E-state index in [2.05, 4.69) is 0 Å². The summed E-state index contributed by atoms with van der Waals surface area (Å²) < 4.78 is 16.4. The number of benzene rings is 1. The van der Waals surface area contributed by atoms with Crippen molar-refractivity contribution in [3.05, 3.63) is 52.3 Å². The van der Waals surface area contributed by atoms with Gasteiger partial charge in [-0.15, -0.1) is 0 Å². The Labute approximate surface area is 135 Å². The maximum absolute atomic E-state index is 11.3. The van der Waals surface area contributed by atoms with E-state index < -0.39 is 12.2 Å². The smallest absolute Gasteiger partial charge is 0.294 e. The van der Waals surface area contributed by atoms with Gasteiger partial charge in [-0.25, -0.2) is 4.74 Å². The lowest BCUT2D eigenvalue weighted by atomic mass is 10.3. The van der Waals surface area contributed by atoms with Crippen LogP contribution in [-0.4, -0.2) is 17.2 Å². The van der Waals surface area contributed by atoms with Crippen molar-refractivity contribution in [1.82, 2.24) is 0 Å². The highest BCUT2D eigenvalue weighted by Gasteiger charge is 2.39. The zero-order valence-corrected chi connectivity index (χ0v) is 14.8. The Hall–Kier alpha value is -1.91. The molecule has 0 saturated heterocycles. The molecule has 0 spiro atoms. The molecular formula is C16H21N2O4P. The zero-order valence-electron chi connectivity index (χ0n) is 13.9. The molecule has 1 atom stereocenters. The summed E-state index contributed by atoms with van der Waals surface area (Å²) >= 11 is 0. The van der Waals surface area contributed by atoms with Gasteiger partial charge in [0.2, 0.25) is 0 Å². The summed E-state index contributed by atoms with van der Waals surface area (Å²) in [5.74, 6) is 0.753. The predicted molar refractivity (Wildman–Crippen MR) is 91.9 cm³/mol. The van der Waals surface area contributed by atoms with E-state index in [1.807, 2.05) is 39.8 Å². The second kappa shape index (κ2) is 6.30. The highest BCUT2D eigenvalue weighted by molar-refractivity contribution is 7.70. The van der Waals surface area contributed by atoms with Crippen LogP contribution in [-0.2, 0) is 4.52 Å². The first-order valence-corrected chi connectivity index (χ1v) is 8.86. The van der Waals surface area contributed by atoms with Gasteiger partial charge in [0.15, 0.2) is 12.8 Å². The molecule has 1 aromatic carbocycles. The van der Waals surface area contributed by atoms with Crippen molar-refractivity contribution in [1.29, 1.82) is 0 Å². The van der Waals surface area contributed by atoms with E-state index >= 15 is 0 Å².